The second-order valence-electron chi connectivity index (χ2n) is 2.09. The Bertz CT molecular complexity index is 310. The molecular weight excluding hydrogens is 152 g/mol. The summed E-state index contributed by atoms with van der Waals surface area (Å²) in [7, 11) is 0. The molecule has 1 aromatic rings. The van der Waals surface area contributed by atoms with Crippen LogP contribution in [0.4, 0.5) is 5.69 Å². The highest BCUT2D eigenvalue weighted by atomic mass is 15.3. The zero-order valence-electron chi connectivity index (χ0n) is 6.36. The second kappa shape index (κ2) is 3.98. The van der Waals surface area contributed by atoms with Crippen LogP contribution < -0.4 is 11.2 Å². The van der Waals surface area contributed by atoms with E-state index in [1.54, 1.807) is 6.07 Å². The largest absolute Gasteiger partial charge is 0.373 e. The summed E-state index contributed by atoms with van der Waals surface area (Å²) in [4.78, 5) is 0. The van der Waals surface area contributed by atoms with Crippen molar-refractivity contribution in [1.29, 1.82) is 5.26 Å². The van der Waals surface area contributed by atoms with Crippen molar-refractivity contribution in [2.45, 2.75) is 0 Å². The molecule has 4 nitrogen and oxygen atoms in total. The molecule has 1 rings (SSSR count). The zero-order valence-corrected chi connectivity index (χ0v) is 6.36. The van der Waals surface area contributed by atoms with Gasteiger partial charge in [-0.05, 0) is 12.1 Å². The molecule has 0 atom stereocenters. The van der Waals surface area contributed by atoms with Gasteiger partial charge in [-0.1, -0.05) is 18.2 Å². The minimum absolute atomic E-state index is 0.0844. The van der Waals surface area contributed by atoms with Gasteiger partial charge in [-0.15, -0.1) is 5.10 Å². The van der Waals surface area contributed by atoms with Crippen LogP contribution >= 0.6 is 0 Å². The van der Waals surface area contributed by atoms with Gasteiger partial charge in [0.2, 0.25) is 5.84 Å². The van der Waals surface area contributed by atoms with Gasteiger partial charge < -0.3 is 5.73 Å². The summed E-state index contributed by atoms with van der Waals surface area (Å²) >= 11 is 0. The summed E-state index contributed by atoms with van der Waals surface area (Å²) in [5, 5.41) is 11.9. The number of nitrogens with zero attached hydrogens (tertiary/aromatic N) is 2. The molecule has 4 heteroatoms. The van der Waals surface area contributed by atoms with Gasteiger partial charge >= 0.3 is 0 Å². The molecule has 0 bridgehead atoms. The number of hydrazone groups is 1. The van der Waals surface area contributed by atoms with Gasteiger partial charge in [0.15, 0.2) is 0 Å². The first-order valence-electron chi connectivity index (χ1n) is 3.37. The van der Waals surface area contributed by atoms with E-state index in [9.17, 15) is 0 Å². The number of rotatable bonds is 2. The molecular formula is C8H8N4. The molecule has 0 aliphatic carbocycles. The number of hydrogen-bond acceptors (Lipinski definition) is 3. The first-order chi connectivity index (χ1) is 5.83. The van der Waals surface area contributed by atoms with Crippen molar-refractivity contribution >= 4 is 11.5 Å². The lowest BCUT2D eigenvalue weighted by molar-refractivity contribution is 1.32. The summed E-state index contributed by atoms with van der Waals surface area (Å²) in [6, 6.07) is 11.0. The minimum Gasteiger partial charge on any atom is -0.373 e. The molecule has 0 unspecified atom stereocenters. The first kappa shape index (κ1) is 8.08. The summed E-state index contributed by atoms with van der Waals surface area (Å²) in [6.45, 7) is 0. The number of nitrogens with one attached hydrogen (secondary N) is 1. The molecule has 0 aliphatic heterocycles. The predicted molar refractivity (Wildman–Crippen MR) is 47.3 cm³/mol. The quantitative estimate of drug-likeness (QED) is 0.383. The van der Waals surface area contributed by atoms with Crippen molar-refractivity contribution in [2.75, 3.05) is 5.43 Å². The third-order valence-corrected chi connectivity index (χ3v) is 1.19. The molecule has 0 saturated heterocycles. The SMILES string of the molecule is N#CC(N)=NNc1ccccc1. The molecule has 0 heterocycles. The number of anilines is 1. The zero-order chi connectivity index (χ0) is 8.81. The van der Waals surface area contributed by atoms with Crippen molar-refractivity contribution in [3.63, 3.8) is 0 Å². The van der Waals surface area contributed by atoms with E-state index in [1.807, 2.05) is 30.3 Å². The van der Waals surface area contributed by atoms with E-state index in [0.717, 1.165) is 5.69 Å². The van der Waals surface area contributed by atoms with Crippen molar-refractivity contribution in [1.82, 2.24) is 0 Å². The van der Waals surface area contributed by atoms with Crippen LogP contribution in [0.2, 0.25) is 0 Å². The van der Waals surface area contributed by atoms with Crippen molar-refractivity contribution in [3.8, 4) is 6.07 Å². The van der Waals surface area contributed by atoms with E-state index in [0.29, 0.717) is 0 Å². The summed E-state index contributed by atoms with van der Waals surface area (Å²) < 4.78 is 0. The minimum atomic E-state index is -0.0844. The Morgan fingerprint density at radius 1 is 1.42 bits per heavy atom. The Morgan fingerprint density at radius 2 is 2.08 bits per heavy atom. The molecule has 0 fully saturated rings. The van der Waals surface area contributed by atoms with E-state index in [1.165, 1.54) is 0 Å². The molecule has 1 aromatic carbocycles. The molecule has 0 aliphatic rings. The van der Waals surface area contributed by atoms with Gasteiger partial charge in [-0.3, -0.25) is 5.43 Å². The van der Waals surface area contributed by atoms with Gasteiger partial charge in [0, 0.05) is 0 Å². The maximum absolute atomic E-state index is 8.27. The lowest BCUT2D eigenvalue weighted by Gasteiger charge is -1.97. The number of para-hydroxylation sites is 1. The number of amidine groups is 1. The Labute approximate surface area is 70.3 Å². The van der Waals surface area contributed by atoms with Crippen LogP contribution in [0.5, 0.6) is 0 Å². The van der Waals surface area contributed by atoms with E-state index in [4.69, 9.17) is 11.0 Å². The monoisotopic (exact) mass is 160 g/mol. The van der Waals surface area contributed by atoms with Crippen LogP contribution in [0.15, 0.2) is 35.4 Å². The summed E-state index contributed by atoms with van der Waals surface area (Å²) in [5.41, 5.74) is 8.58. The third-order valence-electron chi connectivity index (χ3n) is 1.19. The van der Waals surface area contributed by atoms with E-state index in [-0.39, 0.29) is 5.84 Å². The maximum Gasteiger partial charge on any atom is 0.222 e. The first-order valence-corrected chi connectivity index (χ1v) is 3.37. The van der Waals surface area contributed by atoms with Gasteiger partial charge in [-0.2, -0.15) is 5.26 Å². The normalized spacial score (nSPS) is 10.4. The number of nitriles is 1. The van der Waals surface area contributed by atoms with Crippen molar-refractivity contribution < 1.29 is 0 Å². The molecule has 0 amide bonds. The lowest BCUT2D eigenvalue weighted by atomic mass is 10.3. The Balaban J connectivity index is 2.61. The van der Waals surface area contributed by atoms with Crippen LogP contribution in [0.1, 0.15) is 0 Å². The average Bonchev–Trinajstić information content (AvgIpc) is 2.16. The fraction of sp³-hybridized carbons (Fsp3) is 0. The van der Waals surface area contributed by atoms with Crippen LogP contribution in [-0.2, 0) is 0 Å². The second-order valence-corrected chi connectivity index (χ2v) is 2.09. The van der Waals surface area contributed by atoms with E-state index < -0.39 is 0 Å². The van der Waals surface area contributed by atoms with Crippen LogP contribution in [0, 0.1) is 11.3 Å². The lowest BCUT2D eigenvalue weighted by Crippen LogP contribution is -2.10. The highest BCUT2D eigenvalue weighted by molar-refractivity contribution is 5.95. The molecule has 0 spiro atoms. The Hall–Kier alpha value is -2.02. The standard InChI is InChI=1S/C8H8N4/c9-6-8(10)12-11-7-4-2-1-3-5-7/h1-5,11H,(H2,10,12). The van der Waals surface area contributed by atoms with Crippen molar-refractivity contribution in [2.24, 2.45) is 10.8 Å². The molecule has 3 N–H and O–H groups in total. The van der Waals surface area contributed by atoms with Gasteiger partial charge in [-0.25, -0.2) is 0 Å². The molecule has 12 heavy (non-hydrogen) atoms. The van der Waals surface area contributed by atoms with Crippen LogP contribution in [0.25, 0.3) is 0 Å². The molecule has 0 radical (unpaired) electrons. The van der Waals surface area contributed by atoms with Crippen molar-refractivity contribution in [3.05, 3.63) is 30.3 Å². The molecule has 0 aromatic heterocycles. The Kier molecular flexibility index (Phi) is 2.68. The number of nitrogens with two attached hydrogens (primary N) is 1. The number of hydrogen-bond donors (Lipinski definition) is 2. The van der Waals surface area contributed by atoms with Crippen LogP contribution in [-0.4, -0.2) is 5.84 Å². The predicted octanol–water partition coefficient (Wildman–Crippen LogP) is 0.894. The fourth-order valence-corrected chi connectivity index (χ4v) is 0.662. The highest BCUT2D eigenvalue weighted by Crippen LogP contribution is 2.03. The van der Waals surface area contributed by atoms with Crippen LogP contribution in [0.3, 0.4) is 0 Å². The third kappa shape index (κ3) is 2.31. The van der Waals surface area contributed by atoms with E-state index in [2.05, 4.69) is 10.5 Å². The molecule has 0 saturated carbocycles. The maximum atomic E-state index is 8.27. The van der Waals surface area contributed by atoms with Gasteiger partial charge in [0.05, 0.1) is 5.69 Å². The summed E-state index contributed by atoms with van der Waals surface area (Å²) in [5.74, 6) is -0.0844. The molecule has 60 valence electrons. The smallest absolute Gasteiger partial charge is 0.222 e. The van der Waals surface area contributed by atoms with E-state index >= 15 is 0 Å². The number of benzene rings is 1. The highest BCUT2D eigenvalue weighted by Gasteiger charge is 1.87. The summed E-state index contributed by atoms with van der Waals surface area (Å²) in [6.07, 6.45) is 0. The van der Waals surface area contributed by atoms with Gasteiger partial charge in [0.1, 0.15) is 6.07 Å². The fourth-order valence-electron chi connectivity index (χ4n) is 0.662. The average molecular weight is 160 g/mol. The topological polar surface area (TPSA) is 74.2 Å². The Morgan fingerprint density at radius 3 is 2.67 bits per heavy atom. The van der Waals surface area contributed by atoms with Gasteiger partial charge in [0.25, 0.3) is 0 Å².